The Balaban J connectivity index is 1.27. The Hall–Kier alpha value is -2.73. The summed E-state index contributed by atoms with van der Waals surface area (Å²) in [5, 5.41) is 5.86. The molecule has 2 aromatic rings. The Morgan fingerprint density at radius 2 is 1.86 bits per heavy atom. The van der Waals surface area contributed by atoms with Gasteiger partial charge in [-0.15, -0.1) is 0 Å². The number of anilines is 2. The van der Waals surface area contributed by atoms with E-state index in [1.54, 1.807) is 0 Å². The summed E-state index contributed by atoms with van der Waals surface area (Å²) in [7, 11) is 0. The van der Waals surface area contributed by atoms with E-state index in [1.165, 1.54) is 24.0 Å². The molecule has 1 aliphatic carbocycles. The van der Waals surface area contributed by atoms with Crippen molar-refractivity contribution in [1.82, 2.24) is 5.32 Å². The van der Waals surface area contributed by atoms with Gasteiger partial charge in [-0.05, 0) is 55.0 Å². The highest BCUT2D eigenvalue weighted by Gasteiger charge is 2.16. The second kappa shape index (κ2) is 9.65. The van der Waals surface area contributed by atoms with E-state index in [9.17, 15) is 4.79 Å². The maximum Gasteiger partial charge on any atom is 0.319 e. The summed E-state index contributed by atoms with van der Waals surface area (Å²) < 4.78 is 11.4. The lowest BCUT2D eigenvalue weighted by Gasteiger charge is -2.30. The zero-order chi connectivity index (χ0) is 19.9. The van der Waals surface area contributed by atoms with Crippen LogP contribution >= 0.6 is 0 Å². The number of urea groups is 1. The number of para-hydroxylation sites is 2. The minimum Gasteiger partial charge on any atom is -0.491 e. The second-order valence-electron chi connectivity index (χ2n) is 7.45. The van der Waals surface area contributed by atoms with Crippen LogP contribution in [0.2, 0.25) is 0 Å². The van der Waals surface area contributed by atoms with Gasteiger partial charge in [0.1, 0.15) is 12.4 Å². The number of aryl methyl sites for hydroxylation is 1. The third-order valence-corrected chi connectivity index (χ3v) is 5.50. The number of benzene rings is 2. The topological polar surface area (TPSA) is 62.8 Å². The van der Waals surface area contributed by atoms with Crippen molar-refractivity contribution in [2.75, 3.05) is 49.7 Å². The van der Waals surface area contributed by atoms with Gasteiger partial charge in [-0.2, -0.15) is 0 Å². The molecule has 2 amide bonds. The van der Waals surface area contributed by atoms with Crippen molar-refractivity contribution in [2.45, 2.75) is 25.7 Å². The maximum absolute atomic E-state index is 12.4. The van der Waals surface area contributed by atoms with Crippen molar-refractivity contribution in [3.05, 3.63) is 53.6 Å². The van der Waals surface area contributed by atoms with Crippen LogP contribution in [0, 0.1) is 0 Å². The predicted octanol–water partition coefficient (Wildman–Crippen LogP) is 3.60. The van der Waals surface area contributed by atoms with Crippen LogP contribution in [-0.2, 0) is 17.6 Å². The van der Waals surface area contributed by atoms with Gasteiger partial charge in [0.05, 0.1) is 31.1 Å². The minimum atomic E-state index is -0.218. The first-order valence-corrected chi connectivity index (χ1v) is 10.5. The van der Waals surface area contributed by atoms with Gasteiger partial charge >= 0.3 is 6.03 Å². The molecule has 6 nitrogen and oxygen atoms in total. The Labute approximate surface area is 172 Å². The molecule has 2 N–H and O–H groups in total. The lowest BCUT2D eigenvalue weighted by molar-refractivity contribution is 0.123. The van der Waals surface area contributed by atoms with Crippen molar-refractivity contribution < 1.29 is 14.3 Å². The Morgan fingerprint density at radius 3 is 2.76 bits per heavy atom. The van der Waals surface area contributed by atoms with E-state index >= 15 is 0 Å². The number of nitrogens with one attached hydrogen (secondary N) is 2. The Morgan fingerprint density at radius 1 is 1.03 bits per heavy atom. The number of hydrogen-bond donors (Lipinski definition) is 2. The van der Waals surface area contributed by atoms with Crippen LogP contribution in [0.25, 0.3) is 0 Å². The second-order valence-corrected chi connectivity index (χ2v) is 7.45. The summed E-state index contributed by atoms with van der Waals surface area (Å²) in [6.45, 7) is 3.98. The average molecular weight is 396 g/mol. The van der Waals surface area contributed by atoms with Crippen LogP contribution in [0.5, 0.6) is 5.75 Å². The molecule has 0 unspecified atom stereocenters. The highest BCUT2D eigenvalue weighted by molar-refractivity contribution is 5.93. The van der Waals surface area contributed by atoms with Gasteiger partial charge in [0.15, 0.2) is 0 Å². The number of ether oxygens (including phenoxy) is 2. The predicted molar refractivity (Wildman–Crippen MR) is 115 cm³/mol. The summed E-state index contributed by atoms with van der Waals surface area (Å²) in [6.07, 6.45) is 4.69. The first-order valence-electron chi connectivity index (χ1n) is 10.5. The summed E-state index contributed by atoms with van der Waals surface area (Å²) in [5.74, 6) is 0.960. The lowest BCUT2D eigenvalue weighted by Crippen LogP contribution is -2.37. The smallest absolute Gasteiger partial charge is 0.319 e. The molecule has 0 saturated carbocycles. The zero-order valence-electron chi connectivity index (χ0n) is 16.8. The molecule has 0 aromatic heterocycles. The normalized spacial score (nSPS) is 16.1. The molecular weight excluding hydrogens is 366 g/mol. The van der Waals surface area contributed by atoms with Crippen LogP contribution in [0.4, 0.5) is 16.2 Å². The van der Waals surface area contributed by atoms with Crippen molar-refractivity contribution in [3.63, 3.8) is 0 Å². The number of nitrogens with zero attached hydrogens (tertiary/aromatic N) is 1. The molecule has 1 saturated heterocycles. The third kappa shape index (κ3) is 5.01. The fourth-order valence-corrected chi connectivity index (χ4v) is 4.03. The van der Waals surface area contributed by atoms with E-state index in [4.69, 9.17) is 9.47 Å². The molecular formula is C23H29N3O3. The van der Waals surface area contributed by atoms with E-state index in [-0.39, 0.29) is 6.03 Å². The zero-order valence-corrected chi connectivity index (χ0v) is 16.8. The number of morpholine rings is 1. The molecule has 154 valence electrons. The summed E-state index contributed by atoms with van der Waals surface area (Å²) in [4.78, 5) is 14.6. The molecule has 29 heavy (non-hydrogen) atoms. The number of carbonyl (C=O) groups is 1. The lowest BCUT2D eigenvalue weighted by atomic mass is 9.91. The Kier molecular flexibility index (Phi) is 6.52. The summed E-state index contributed by atoms with van der Waals surface area (Å²) in [5.41, 5.74) is 4.57. The standard InChI is InChI=1S/C23H29N3O3/c27-23(25-20-9-3-4-10-21(20)26-13-16-28-17-14-26)24-12-15-29-22-11-5-7-18-6-1-2-8-19(18)22/h3-5,7,9-11H,1-2,6,8,12-17H2,(H2,24,25,27). The van der Waals surface area contributed by atoms with E-state index in [0.29, 0.717) is 26.4 Å². The molecule has 0 bridgehead atoms. The first kappa shape index (κ1) is 19.6. The molecule has 0 radical (unpaired) electrons. The van der Waals surface area contributed by atoms with Gasteiger partial charge in [-0.1, -0.05) is 24.3 Å². The van der Waals surface area contributed by atoms with Gasteiger partial charge in [-0.3, -0.25) is 0 Å². The average Bonchev–Trinajstić information content (AvgIpc) is 2.78. The van der Waals surface area contributed by atoms with E-state index in [0.717, 1.165) is 43.1 Å². The molecule has 2 aliphatic rings. The van der Waals surface area contributed by atoms with Crippen molar-refractivity contribution in [3.8, 4) is 5.75 Å². The highest BCUT2D eigenvalue weighted by atomic mass is 16.5. The van der Waals surface area contributed by atoms with E-state index in [1.807, 2.05) is 30.3 Å². The quantitative estimate of drug-likeness (QED) is 0.734. The fraction of sp³-hybridized carbons (Fsp3) is 0.435. The van der Waals surface area contributed by atoms with Gasteiger partial charge < -0.3 is 25.0 Å². The van der Waals surface area contributed by atoms with E-state index < -0.39 is 0 Å². The van der Waals surface area contributed by atoms with Crippen molar-refractivity contribution in [1.29, 1.82) is 0 Å². The molecule has 1 fully saturated rings. The largest absolute Gasteiger partial charge is 0.491 e. The van der Waals surface area contributed by atoms with Gasteiger partial charge in [0.2, 0.25) is 0 Å². The van der Waals surface area contributed by atoms with E-state index in [2.05, 4.69) is 27.7 Å². The molecule has 6 heteroatoms. The van der Waals surface area contributed by atoms with Gasteiger partial charge in [-0.25, -0.2) is 4.79 Å². The molecule has 0 atom stereocenters. The van der Waals surface area contributed by atoms with Crippen molar-refractivity contribution in [2.24, 2.45) is 0 Å². The molecule has 1 heterocycles. The molecule has 4 rings (SSSR count). The van der Waals surface area contributed by atoms with Crippen molar-refractivity contribution >= 4 is 17.4 Å². The monoisotopic (exact) mass is 395 g/mol. The van der Waals surface area contributed by atoms with Crippen LogP contribution in [0.3, 0.4) is 0 Å². The number of hydrogen-bond acceptors (Lipinski definition) is 4. The van der Waals surface area contributed by atoms with Crippen LogP contribution in [0.1, 0.15) is 24.0 Å². The van der Waals surface area contributed by atoms with Crippen LogP contribution < -0.4 is 20.3 Å². The highest BCUT2D eigenvalue weighted by Crippen LogP contribution is 2.29. The molecule has 2 aromatic carbocycles. The van der Waals surface area contributed by atoms with Crippen LogP contribution in [-0.4, -0.2) is 45.5 Å². The molecule has 0 spiro atoms. The van der Waals surface area contributed by atoms with Crippen LogP contribution in [0.15, 0.2) is 42.5 Å². The first-order chi connectivity index (χ1) is 14.3. The summed E-state index contributed by atoms with van der Waals surface area (Å²) in [6, 6.07) is 13.9. The number of amides is 2. The maximum atomic E-state index is 12.4. The number of fused-ring (bicyclic) bond motifs is 1. The van der Waals surface area contributed by atoms with Gasteiger partial charge in [0, 0.05) is 13.1 Å². The minimum absolute atomic E-state index is 0.218. The summed E-state index contributed by atoms with van der Waals surface area (Å²) >= 11 is 0. The number of rotatable bonds is 6. The van der Waals surface area contributed by atoms with Gasteiger partial charge in [0.25, 0.3) is 0 Å². The number of carbonyl (C=O) groups excluding carboxylic acids is 1. The SMILES string of the molecule is O=C(NCCOc1cccc2c1CCCC2)Nc1ccccc1N1CCOCC1. The fourth-order valence-electron chi connectivity index (χ4n) is 4.03. The third-order valence-electron chi connectivity index (χ3n) is 5.50. The Bertz CT molecular complexity index is 834. The molecule has 1 aliphatic heterocycles.